The zero-order chi connectivity index (χ0) is 8.57. The van der Waals surface area contributed by atoms with E-state index < -0.39 is 11.9 Å². The maximum Gasteiger partial charge on any atom is 2.00 e. The van der Waals surface area contributed by atoms with E-state index in [-0.39, 0.29) is 17.1 Å². The Bertz CT molecular complexity index is 184. The molecule has 11 heavy (non-hydrogen) atoms. The van der Waals surface area contributed by atoms with Gasteiger partial charge in [0.1, 0.15) is 11.9 Å². The molecule has 0 saturated carbocycles. The third-order valence-corrected chi connectivity index (χ3v) is 0.236. The van der Waals surface area contributed by atoms with Gasteiger partial charge in [0.15, 0.2) is 0 Å². The van der Waals surface area contributed by atoms with Crippen LogP contribution in [0.15, 0.2) is 0 Å². The summed E-state index contributed by atoms with van der Waals surface area (Å²) >= 11 is 0. The molecule has 4 nitrogen and oxygen atoms in total. The molecule has 1 radical (unpaired) electrons. The van der Waals surface area contributed by atoms with E-state index in [0.29, 0.717) is 0 Å². The largest absolute Gasteiger partial charge is 2.00 e. The van der Waals surface area contributed by atoms with Crippen LogP contribution in [0.5, 0.6) is 0 Å². The molecule has 61 valence electrons. The molecule has 0 N–H and O–H groups in total. The molecule has 0 aromatic carbocycles. The minimum Gasteiger partial charge on any atom is -0.537 e. The van der Waals surface area contributed by atoms with Crippen LogP contribution >= 0.6 is 0 Å². The molecular formula is C6H2CuO4. The number of aliphatic carboxylic acids is 2. The van der Waals surface area contributed by atoms with Crippen LogP contribution < -0.4 is 10.2 Å². The van der Waals surface area contributed by atoms with Crippen molar-refractivity contribution in [1.29, 1.82) is 0 Å². The molecule has 0 unspecified atom stereocenters. The first-order valence-corrected chi connectivity index (χ1v) is 1.89. The Hall–Kier alpha value is -1.42. The Kier molecular flexibility index (Phi) is 16.9. The predicted octanol–water partition coefficient (Wildman–Crippen LogP) is -3.26. The van der Waals surface area contributed by atoms with Gasteiger partial charge in [0, 0.05) is 0 Å². The number of terminal acetylenes is 2. The number of carbonyl (C=O) groups excluding carboxylic acids is 2. The Morgan fingerprint density at radius 2 is 1.09 bits per heavy atom. The van der Waals surface area contributed by atoms with E-state index in [1.165, 1.54) is 11.8 Å². The summed E-state index contributed by atoms with van der Waals surface area (Å²) in [5.41, 5.74) is 0. The van der Waals surface area contributed by atoms with Gasteiger partial charge in [0.2, 0.25) is 0 Å². The second kappa shape index (κ2) is 11.4. The molecule has 0 amide bonds. The summed E-state index contributed by atoms with van der Waals surface area (Å²) in [5.74, 6) is -0.269. The molecule has 0 atom stereocenters. The summed E-state index contributed by atoms with van der Waals surface area (Å²) in [5, 5.41) is 18.0. The summed E-state index contributed by atoms with van der Waals surface area (Å²) in [6, 6.07) is 0. The number of carbonyl (C=O) groups is 2. The van der Waals surface area contributed by atoms with Crippen molar-refractivity contribution in [1.82, 2.24) is 0 Å². The number of hydrogen-bond donors (Lipinski definition) is 0. The third-order valence-electron chi connectivity index (χ3n) is 0.236. The average Bonchev–Trinajstić information content (AvgIpc) is 1.89. The summed E-state index contributed by atoms with van der Waals surface area (Å²) in [7, 11) is 0. The fraction of sp³-hybridized carbons (Fsp3) is 0. The molecule has 5 heteroatoms. The summed E-state index contributed by atoms with van der Waals surface area (Å²) < 4.78 is 0. The van der Waals surface area contributed by atoms with Gasteiger partial charge in [-0.25, -0.2) is 0 Å². The third kappa shape index (κ3) is 55.8. The zero-order valence-corrected chi connectivity index (χ0v) is 6.03. The average molecular weight is 202 g/mol. The van der Waals surface area contributed by atoms with Crippen LogP contribution in [-0.4, -0.2) is 11.9 Å². The number of carboxylic acid groups (broad SMARTS) is 2. The zero-order valence-electron chi connectivity index (χ0n) is 5.09. The molecule has 0 aliphatic rings. The fourth-order valence-corrected chi connectivity index (χ4v) is 0. The van der Waals surface area contributed by atoms with Crippen LogP contribution in [-0.2, 0) is 26.7 Å². The molecule has 0 aromatic heterocycles. The van der Waals surface area contributed by atoms with Crippen LogP contribution in [0.25, 0.3) is 0 Å². The van der Waals surface area contributed by atoms with Gasteiger partial charge in [0.05, 0.1) is 0 Å². The minimum atomic E-state index is -1.47. The quantitative estimate of drug-likeness (QED) is 0.304. The van der Waals surface area contributed by atoms with Gasteiger partial charge >= 0.3 is 17.1 Å². The van der Waals surface area contributed by atoms with Crippen molar-refractivity contribution in [2.24, 2.45) is 0 Å². The van der Waals surface area contributed by atoms with Gasteiger partial charge in [-0.2, -0.15) is 0 Å². The normalized spacial score (nSPS) is 4.91. The van der Waals surface area contributed by atoms with E-state index in [4.69, 9.17) is 19.8 Å². The maximum atomic E-state index is 9.02. The SMILES string of the molecule is C#CC(=O)[O-].C#CC(=O)[O-].[Cu+2]. The number of hydrogen-bond acceptors (Lipinski definition) is 4. The standard InChI is InChI=1S/2C3H2O2.Cu/c2*1-2-3(4)5;/h2*1H,(H,4,5);/q;;+2/p-2. The van der Waals surface area contributed by atoms with Gasteiger partial charge < -0.3 is 19.8 Å². The van der Waals surface area contributed by atoms with Gasteiger partial charge in [0.25, 0.3) is 0 Å². The van der Waals surface area contributed by atoms with Crippen LogP contribution in [0.4, 0.5) is 0 Å². The Morgan fingerprint density at radius 1 is 1.00 bits per heavy atom. The molecule has 0 aromatic rings. The molecule has 0 fully saturated rings. The summed E-state index contributed by atoms with van der Waals surface area (Å²) in [6.07, 6.45) is 8.52. The molecule has 0 heterocycles. The fourth-order valence-electron chi connectivity index (χ4n) is 0. The maximum absolute atomic E-state index is 9.02. The number of carboxylic acids is 2. The molecule has 0 rings (SSSR count). The summed E-state index contributed by atoms with van der Waals surface area (Å²) in [6.45, 7) is 0. The minimum absolute atomic E-state index is 0. The smallest absolute Gasteiger partial charge is 0.537 e. The molecule has 0 aliphatic carbocycles. The molecule has 0 aliphatic heterocycles. The van der Waals surface area contributed by atoms with Gasteiger partial charge in [-0.15, -0.1) is 12.8 Å². The molecule has 0 spiro atoms. The first-order valence-electron chi connectivity index (χ1n) is 1.89. The van der Waals surface area contributed by atoms with Crippen LogP contribution in [0.2, 0.25) is 0 Å². The topological polar surface area (TPSA) is 80.3 Å². The van der Waals surface area contributed by atoms with Crippen molar-refractivity contribution in [3.05, 3.63) is 0 Å². The van der Waals surface area contributed by atoms with E-state index in [2.05, 4.69) is 12.8 Å². The van der Waals surface area contributed by atoms with Crippen LogP contribution in [0, 0.1) is 24.7 Å². The second-order valence-corrected chi connectivity index (χ2v) is 0.864. The van der Waals surface area contributed by atoms with Crippen molar-refractivity contribution in [2.75, 3.05) is 0 Å². The first kappa shape index (κ1) is 16.3. The Labute approximate surface area is 74.1 Å². The van der Waals surface area contributed by atoms with Crippen molar-refractivity contribution < 1.29 is 36.9 Å². The van der Waals surface area contributed by atoms with Crippen LogP contribution in [0.1, 0.15) is 0 Å². The molecule has 0 saturated heterocycles. The number of rotatable bonds is 0. The summed E-state index contributed by atoms with van der Waals surface area (Å²) in [4.78, 5) is 18.0. The Balaban J connectivity index is -0.000000107. The van der Waals surface area contributed by atoms with E-state index in [9.17, 15) is 0 Å². The van der Waals surface area contributed by atoms with Crippen LogP contribution in [0.3, 0.4) is 0 Å². The van der Waals surface area contributed by atoms with E-state index >= 15 is 0 Å². The van der Waals surface area contributed by atoms with Crippen molar-refractivity contribution in [3.63, 3.8) is 0 Å². The van der Waals surface area contributed by atoms with Gasteiger partial charge in [-0.05, 0) is 0 Å². The van der Waals surface area contributed by atoms with Crippen molar-refractivity contribution >= 4 is 11.9 Å². The van der Waals surface area contributed by atoms with Crippen molar-refractivity contribution in [2.45, 2.75) is 0 Å². The molecular weight excluding hydrogens is 200 g/mol. The van der Waals surface area contributed by atoms with Crippen molar-refractivity contribution in [3.8, 4) is 24.7 Å². The van der Waals surface area contributed by atoms with E-state index in [1.807, 2.05) is 0 Å². The van der Waals surface area contributed by atoms with Gasteiger partial charge in [-0.3, -0.25) is 0 Å². The van der Waals surface area contributed by atoms with E-state index in [0.717, 1.165) is 0 Å². The Morgan fingerprint density at radius 3 is 1.09 bits per heavy atom. The van der Waals surface area contributed by atoms with E-state index in [1.54, 1.807) is 0 Å². The molecule has 0 bridgehead atoms. The second-order valence-electron chi connectivity index (χ2n) is 0.864. The predicted molar refractivity (Wildman–Crippen MR) is 27.7 cm³/mol. The van der Waals surface area contributed by atoms with Gasteiger partial charge in [-0.1, -0.05) is 11.8 Å². The monoisotopic (exact) mass is 201 g/mol. The first-order chi connectivity index (χ1) is 4.54.